The van der Waals surface area contributed by atoms with Crippen LogP contribution in [-0.2, 0) is 9.53 Å². The molecule has 0 aliphatic rings. The summed E-state index contributed by atoms with van der Waals surface area (Å²) in [6.45, 7) is 1.07. The van der Waals surface area contributed by atoms with Crippen LogP contribution in [0.5, 0.6) is 0 Å². The first-order valence-corrected chi connectivity index (χ1v) is 8.76. The number of carboxylic acid groups (broad SMARTS) is 1. The van der Waals surface area contributed by atoms with Crippen molar-refractivity contribution >= 4 is 23.8 Å². The molecular weight excluding hydrogens is 292 g/mol. The number of carbonyl (C=O) groups excluding carboxylic acids is 1. The number of aliphatic carboxylic acids is 1. The van der Waals surface area contributed by atoms with Crippen molar-refractivity contribution in [2.45, 2.75) is 44.6 Å². The number of methoxy groups -OCH3 is 1. The van der Waals surface area contributed by atoms with Crippen LogP contribution in [0.2, 0.25) is 0 Å². The Morgan fingerprint density at radius 2 is 1.90 bits per heavy atom. The van der Waals surface area contributed by atoms with Crippen molar-refractivity contribution in [3.05, 3.63) is 0 Å². The topological polar surface area (TPSA) is 87.7 Å². The summed E-state index contributed by atoms with van der Waals surface area (Å²) >= 11 is 1.84. The molecule has 1 atom stereocenters. The normalized spacial score (nSPS) is 11.9. The van der Waals surface area contributed by atoms with Crippen LogP contribution in [-0.4, -0.2) is 55.4 Å². The molecule has 21 heavy (non-hydrogen) atoms. The molecule has 0 rings (SSSR count). The van der Waals surface area contributed by atoms with E-state index in [0.717, 1.165) is 12.8 Å². The predicted molar refractivity (Wildman–Crippen MR) is 85.9 cm³/mol. The third-order valence-corrected chi connectivity index (χ3v) is 3.70. The molecule has 3 N–H and O–H groups in total. The van der Waals surface area contributed by atoms with Gasteiger partial charge in [0.25, 0.3) is 0 Å². The summed E-state index contributed by atoms with van der Waals surface area (Å²) in [7, 11) is 1.56. The van der Waals surface area contributed by atoms with E-state index in [2.05, 4.69) is 16.9 Å². The van der Waals surface area contributed by atoms with E-state index < -0.39 is 18.0 Å². The molecule has 0 aromatic rings. The van der Waals surface area contributed by atoms with E-state index in [1.807, 2.05) is 11.8 Å². The lowest BCUT2D eigenvalue weighted by Gasteiger charge is -2.15. The van der Waals surface area contributed by atoms with E-state index in [9.17, 15) is 9.59 Å². The van der Waals surface area contributed by atoms with Crippen LogP contribution in [0.3, 0.4) is 0 Å². The number of urea groups is 1. The van der Waals surface area contributed by atoms with Gasteiger partial charge >= 0.3 is 12.0 Å². The van der Waals surface area contributed by atoms with Gasteiger partial charge in [0.15, 0.2) is 0 Å². The fourth-order valence-electron chi connectivity index (χ4n) is 1.83. The molecule has 7 heteroatoms. The minimum atomic E-state index is -1.02. The van der Waals surface area contributed by atoms with Crippen LogP contribution < -0.4 is 10.6 Å². The van der Waals surface area contributed by atoms with Crippen LogP contribution in [0, 0.1) is 0 Å². The fourth-order valence-corrected chi connectivity index (χ4v) is 2.32. The molecule has 0 bridgehead atoms. The standard InChI is InChI=1S/C14H28N2O4S/c1-20-10-7-8-12(13(17)18)16-14(19)15-9-5-3-4-6-11-21-2/h12H,3-11H2,1-2H3,(H,17,18)(H2,15,16,19). The molecule has 1 unspecified atom stereocenters. The number of hydrogen-bond acceptors (Lipinski definition) is 4. The zero-order valence-corrected chi connectivity index (χ0v) is 13.8. The number of carboxylic acids is 1. The number of carbonyl (C=O) groups is 2. The molecule has 6 nitrogen and oxygen atoms in total. The highest BCUT2D eigenvalue weighted by molar-refractivity contribution is 7.98. The monoisotopic (exact) mass is 320 g/mol. The molecule has 0 saturated heterocycles. The van der Waals surface area contributed by atoms with Gasteiger partial charge in [0.05, 0.1) is 0 Å². The summed E-state index contributed by atoms with van der Waals surface area (Å²) in [6.07, 6.45) is 7.43. The average Bonchev–Trinajstić information content (AvgIpc) is 2.45. The molecule has 0 radical (unpaired) electrons. The molecule has 0 heterocycles. The van der Waals surface area contributed by atoms with E-state index in [1.165, 1.54) is 18.6 Å². The Labute approximate surface area is 131 Å². The van der Waals surface area contributed by atoms with Crippen molar-refractivity contribution in [1.29, 1.82) is 0 Å². The van der Waals surface area contributed by atoms with Gasteiger partial charge in [0, 0.05) is 20.3 Å². The first kappa shape index (κ1) is 20.1. The molecule has 0 fully saturated rings. The zero-order valence-electron chi connectivity index (χ0n) is 13.0. The van der Waals surface area contributed by atoms with Crippen LogP contribution in [0.1, 0.15) is 38.5 Å². The van der Waals surface area contributed by atoms with E-state index in [-0.39, 0.29) is 0 Å². The first-order valence-electron chi connectivity index (χ1n) is 7.36. The SMILES string of the molecule is COCCCC(NC(=O)NCCCCCCSC)C(=O)O. The fraction of sp³-hybridized carbons (Fsp3) is 0.857. The van der Waals surface area contributed by atoms with E-state index in [0.29, 0.717) is 26.0 Å². The van der Waals surface area contributed by atoms with Crippen molar-refractivity contribution < 1.29 is 19.4 Å². The molecule has 0 aromatic carbocycles. The number of nitrogens with one attached hydrogen (secondary N) is 2. The number of amides is 2. The van der Waals surface area contributed by atoms with Gasteiger partial charge in [-0.3, -0.25) is 0 Å². The van der Waals surface area contributed by atoms with Crippen molar-refractivity contribution in [2.75, 3.05) is 32.3 Å². The van der Waals surface area contributed by atoms with Crippen molar-refractivity contribution in [1.82, 2.24) is 10.6 Å². The van der Waals surface area contributed by atoms with Gasteiger partial charge in [-0.15, -0.1) is 0 Å². The number of thioether (sulfide) groups is 1. The zero-order chi connectivity index (χ0) is 15.9. The summed E-state index contributed by atoms with van der Waals surface area (Å²) in [6, 6.07) is -1.27. The molecule has 0 aliphatic carbocycles. The van der Waals surface area contributed by atoms with Crippen LogP contribution in [0.15, 0.2) is 0 Å². The summed E-state index contributed by atoms with van der Waals surface area (Å²) in [5, 5.41) is 14.2. The van der Waals surface area contributed by atoms with Crippen LogP contribution in [0.25, 0.3) is 0 Å². The molecular formula is C14H28N2O4S. The maximum atomic E-state index is 11.6. The largest absolute Gasteiger partial charge is 0.480 e. The molecule has 124 valence electrons. The van der Waals surface area contributed by atoms with Gasteiger partial charge in [-0.2, -0.15) is 11.8 Å². The van der Waals surface area contributed by atoms with Gasteiger partial charge < -0.3 is 20.5 Å². The smallest absolute Gasteiger partial charge is 0.326 e. The Bertz CT molecular complexity index is 290. The number of hydrogen-bond donors (Lipinski definition) is 3. The Hall–Kier alpha value is -0.950. The summed E-state index contributed by atoms with van der Waals surface area (Å²) in [5.41, 5.74) is 0. The Morgan fingerprint density at radius 3 is 2.52 bits per heavy atom. The average molecular weight is 320 g/mol. The highest BCUT2D eigenvalue weighted by Crippen LogP contribution is 2.04. The maximum Gasteiger partial charge on any atom is 0.326 e. The van der Waals surface area contributed by atoms with E-state index >= 15 is 0 Å². The Kier molecular flexibility index (Phi) is 13.4. The third-order valence-electron chi connectivity index (χ3n) is 3.01. The highest BCUT2D eigenvalue weighted by Gasteiger charge is 2.18. The molecule has 0 spiro atoms. The lowest BCUT2D eigenvalue weighted by molar-refractivity contribution is -0.139. The predicted octanol–water partition coefficient (Wildman–Crippen LogP) is 2.09. The number of rotatable bonds is 13. The van der Waals surface area contributed by atoms with E-state index in [1.54, 1.807) is 7.11 Å². The molecule has 0 aromatic heterocycles. The third kappa shape index (κ3) is 12.5. The van der Waals surface area contributed by atoms with Crippen molar-refractivity contribution in [2.24, 2.45) is 0 Å². The lowest BCUT2D eigenvalue weighted by Crippen LogP contribution is -2.46. The van der Waals surface area contributed by atoms with Gasteiger partial charge in [-0.05, 0) is 37.7 Å². The quantitative estimate of drug-likeness (QED) is 0.452. The van der Waals surface area contributed by atoms with Crippen LogP contribution >= 0.6 is 11.8 Å². The van der Waals surface area contributed by atoms with Gasteiger partial charge in [-0.1, -0.05) is 12.8 Å². The second-order valence-electron chi connectivity index (χ2n) is 4.83. The minimum absolute atomic E-state index is 0.366. The molecule has 0 saturated carbocycles. The minimum Gasteiger partial charge on any atom is -0.480 e. The maximum absolute atomic E-state index is 11.6. The highest BCUT2D eigenvalue weighted by atomic mass is 32.2. The van der Waals surface area contributed by atoms with Crippen molar-refractivity contribution in [3.8, 4) is 0 Å². The molecule has 0 aliphatic heterocycles. The van der Waals surface area contributed by atoms with E-state index in [4.69, 9.17) is 9.84 Å². The first-order chi connectivity index (χ1) is 10.1. The summed E-state index contributed by atoms with van der Waals surface area (Å²) in [4.78, 5) is 22.6. The summed E-state index contributed by atoms with van der Waals surface area (Å²) < 4.78 is 4.87. The van der Waals surface area contributed by atoms with Crippen molar-refractivity contribution in [3.63, 3.8) is 0 Å². The second-order valence-corrected chi connectivity index (χ2v) is 5.82. The Morgan fingerprint density at radius 1 is 1.19 bits per heavy atom. The second kappa shape index (κ2) is 14.0. The Balaban J connectivity index is 3.70. The lowest BCUT2D eigenvalue weighted by atomic mass is 10.1. The van der Waals surface area contributed by atoms with Gasteiger partial charge in [-0.25, -0.2) is 9.59 Å². The van der Waals surface area contributed by atoms with Crippen LogP contribution in [0.4, 0.5) is 4.79 Å². The molecule has 2 amide bonds. The van der Waals surface area contributed by atoms with Gasteiger partial charge in [0.1, 0.15) is 6.04 Å². The summed E-state index contributed by atoms with van der Waals surface area (Å²) in [5.74, 6) is 0.161. The number of unbranched alkanes of at least 4 members (excludes halogenated alkanes) is 3. The van der Waals surface area contributed by atoms with Gasteiger partial charge in [0.2, 0.25) is 0 Å². The number of ether oxygens (including phenoxy) is 1.